The number of carbonyl (C=O) groups excluding carboxylic acids is 1. The van der Waals surface area contributed by atoms with Crippen molar-refractivity contribution in [3.63, 3.8) is 0 Å². The lowest BCUT2D eigenvalue weighted by atomic mass is 10.2. The molecule has 6 heteroatoms. The lowest BCUT2D eigenvalue weighted by Gasteiger charge is -2.13. The molecule has 1 saturated heterocycles. The van der Waals surface area contributed by atoms with Gasteiger partial charge in [-0.15, -0.1) is 0 Å². The fraction of sp³-hybridized carbons (Fsp3) is 0.333. The molecule has 2 aromatic rings. The number of anilines is 2. The number of amides is 1. The van der Waals surface area contributed by atoms with Gasteiger partial charge in [-0.25, -0.2) is 4.39 Å². The van der Waals surface area contributed by atoms with Crippen molar-refractivity contribution in [3.8, 4) is 0 Å². The normalized spacial score (nSPS) is 16.8. The maximum Gasteiger partial charge on any atom is 0.257 e. The lowest BCUT2D eigenvalue weighted by molar-refractivity contribution is 0.102. The zero-order valence-corrected chi connectivity index (χ0v) is 13.5. The van der Waals surface area contributed by atoms with Crippen LogP contribution in [0.4, 0.5) is 15.8 Å². The van der Waals surface area contributed by atoms with Crippen molar-refractivity contribution in [2.45, 2.75) is 25.9 Å². The molecule has 0 saturated carbocycles. The van der Waals surface area contributed by atoms with Gasteiger partial charge in [-0.3, -0.25) is 9.78 Å². The van der Waals surface area contributed by atoms with Crippen molar-refractivity contribution >= 4 is 17.3 Å². The molecule has 2 heterocycles. The Kier molecular flexibility index (Phi) is 5.05. The summed E-state index contributed by atoms with van der Waals surface area (Å²) in [4.78, 5) is 16.2. The highest BCUT2D eigenvalue weighted by Gasteiger charge is 2.16. The molecule has 3 rings (SSSR count). The molecule has 126 valence electrons. The molecule has 0 spiro atoms. The molecule has 0 unspecified atom stereocenters. The molecular weight excluding hydrogens is 309 g/mol. The number of pyridine rings is 1. The summed E-state index contributed by atoms with van der Waals surface area (Å²) in [5.41, 5.74) is 2.07. The number of hydrogen-bond donors (Lipinski definition) is 2. The maximum atomic E-state index is 14.2. The summed E-state index contributed by atoms with van der Waals surface area (Å²) in [5, 5.41) is 5.72. The SMILES string of the molecule is Cc1ccc(C(=O)Nc2ccc(NC[C@H]3CCCO3)c(F)c2)cn1. The zero-order valence-electron chi connectivity index (χ0n) is 13.5. The minimum absolute atomic E-state index is 0.137. The Morgan fingerprint density at radius 1 is 1.38 bits per heavy atom. The van der Waals surface area contributed by atoms with Crippen LogP contribution in [0, 0.1) is 12.7 Å². The summed E-state index contributed by atoms with van der Waals surface area (Å²) in [6.07, 6.45) is 3.68. The van der Waals surface area contributed by atoms with Gasteiger partial charge < -0.3 is 15.4 Å². The summed E-state index contributed by atoms with van der Waals surface area (Å²) in [5.74, 6) is -0.727. The first-order valence-corrected chi connectivity index (χ1v) is 8.01. The molecule has 1 fully saturated rings. The third-order valence-corrected chi connectivity index (χ3v) is 3.94. The second-order valence-electron chi connectivity index (χ2n) is 5.85. The van der Waals surface area contributed by atoms with E-state index in [-0.39, 0.29) is 12.0 Å². The number of nitrogens with zero attached hydrogens (tertiary/aromatic N) is 1. The van der Waals surface area contributed by atoms with Crippen LogP contribution in [-0.2, 0) is 4.74 Å². The Bertz CT molecular complexity index is 713. The van der Waals surface area contributed by atoms with E-state index in [4.69, 9.17) is 4.74 Å². The fourth-order valence-electron chi connectivity index (χ4n) is 2.57. The number of ether oxygens (including phenoxy) is 1. The molecule has 5 nitrogen and oxygen atoms in total. The van der Waals surface area contributed by atoms with Crippen LogP contribution in [0.2, 0.25) is 0 Å². The van der Waals surface area contributed by atoms with E-state index in [0.29, 0.717) is 23.5 Å². The number of benzene rings is 1. The highest BCUT2D eigenvalue weighted by Crippen LogP contribution is 2.21. The van der Waals surface area contributed by atoms with E-state index in [1.165, 1.54) is 12.3 Å². The molecule has 0 aliphatic carbocycles. The molecule has 1 aromatic heterocycles. The van der Waals surface area contributed by atoms with Crippen molar-refractivity contribution in [3.05, 3.63) is 53.6 Å². The van der Waals surface area contributed by atoms with Gasteiger partial charge in [0, 0.05) is 30.7 Å². The van der Waals surface area contributed by atoms with Crippen LogP contribution in [0.25, 0.3) is 0 Å². The molecule has 0 radical (unpaired) electrons. The van der Waals surface area contributed by atoms with Gasteiger partial charge in [0.25, 0.3) is 5.91 Å². The largest absolute Gasteiger partial charge is 0.380 e. The summed E-state index contributed by atoms with van der Waals surface area (Å²) in [7, 11) is 0. The smallest absolute Gasteiger partial charge is 0.257 e. The third kappa shape index (κ3) is 4.08. The van der Waals surface area contributed by atoms with Crippen molar-refractivity contribution in [1.29, 1.82) is 0 Å². The molecule has 1 amide bonds. The number of nitrogens with one attached hydrogen (secondary N) is 2. The molecule has 1 atom stereocenters. The van der Waals surface area contributed by atoms with E-state index in [0.717, 1.165) is 25.1 Å². The predicted molar refractivity (Wildman–Crippen MR) is 90.8 cm³/mol. The van der Waals surface area contributed by atoms with Crippen molar-refractivity contribution in [2.24, 2.45) is 0 Å². The molecule has 1 aromatic carbocycles. The topological polar surface area (TPSA) is 63.2 Å². The van der Waals surface area contributed by atoms with Gasteiger partial charge in [0.2, 0.25) is 0 Å². The van der Waals surface area contributed by atoms with Crippen LogP contribution < -0.4 is 10.6 Å². The van der Waals surface area contributed by atoms with E-state index >= 15 is 0 Å². The first-order valence-electron chi connectivity index (χ1n) is 8.01. The molecule has 24 heavy (non-hydrogen) atoms. The number of rotatable bonds is 5. The predicted octanol–water partition coefficient (Wildman–Crippen LogP) is 3.37. The Balaban J connectivity index is 1.61. The number of carbonyl (C=O) groups is 1. The number of hydrogen-bond acceptors (Lipinski definition) is 4. The van der Waals surface area contributed by atoms with Crippen LogP contribution in [0.1, 0.15) is 28.9 Å². The van der Waals surface area contributed by atoms with Gasteiger partial charge in [0.05, 0.1) is 17.4 Å². The average Bonchev–Trinajstić information content (AvgIpc) is 3.08. The minimum atomic E-state index is -0.409. The standard InChI is InChI=1S/C18H20FN3O2/c1-12-4-5-13(10-20-12)18(23)22-14-6-7-17(16(19)9-14)21-11-15-3-2-8-24-15/h4-7,9-10,15,21H,2-3,8,11H2,1H3,(H,22,23)/t15-/m1/s1. The lowest BCUT2D eigenvalue weighted by Crippen LogP contribution is -2.19. The van der Waals surface area contributed by atoms with Crippen LogP contribution in [0.15, 0.2) is 36.5 Å². The second-order valence-corrected chi connectivity index (χ2v) is 5.85. The number of halogens is 1. The minimum Gasteiger partial charge on any atom is -0.380 e. The van der Waals surface area contributed by atoms with Gasteiger partial charge in [-0.05, 0) is 50.1 Å². The Hall–Kier alpha value is -2.47. The number of aromatic nitrogens is 1. The Morgan fingerprint density at radius 3 is 2.92 bits per heavy atom. The molecule has 2 N–H and O–H groups in total. The molecule has 1 aliphatic rings. The quantitative estimate of drug-likeness (QED) is 0.883. The first kappa shape index (κ1) is 16.4. The van der Waals surface area contributed by atoms with Crippen LogP contribution in [0.5, 0.6) is 0 Å². The Morgan fingerprint density at radius 2 is 2.25 bits per heavy atom. The maximum absolute atomic E-state index is 14.2. The zero-order chi connectivity index (χ0) is 16.9. The molecule has 1 aliphatic heterocycles. The van der Waals surface area contributed by atoms with E-state index in [1.54, 1.807) is 24.3 Å². The van der Waals surface area contributed by atoms with Gasteiger partial charge in [0.1, 0.15) is 5.82 Å². The van der Waals surface area contributed by atoms with Crippen molar-refractivity contribution in [1.82, 2.24) is 4.98 Å². The summed E-state index contributed by atoms with van der Waals surface area (Å²) in [6, 6.07) is 8.03. The average molecular weight is 329 g/mol. The van der Waals surface area contributed by atoms with Gasteiger partial charge in [-0.1, -0.05) is 0 Å². The third-order valence-electron chi connectivity index (χ3n) is 3.94. The van der Waals surface area contributed by atoms with Crippen LogP contribution in [-0.4, -0.2) is 30.1 Å². The van der Waals surface area contributed by atoms with Gasteiger partial charge in [0.15, 0.2) is 0 Å². The van der Waals surface area contributed by atoms with E-state index < -0.39 is 5.82 Å². The van der Waals surface area contributed by atoms with E-state index in [2.05, 4.69) is 15.6 Å². The number of aryl methyl sites for hydroxylation is 1. The molecule has 0 bridgehead atoms. The van der Waals surface area contributed by atoms with Crippen LogP contribution >= 0.6 is 0 Å². The van der Waals surface area contributed by atoms with E-state index in [9.17, 15) is 9.18 Å². The van der Waals surface area contributed by atoms with Crippen molar-refractivity contribution in [2.75, 3.05) is 23.8 Å². The fourth-order valence-corrected chi connectivity index (χ4v) is 2.57. The summed E-state index contributed by atoms with van der Waals surface area (Å²) >= 11 is 0. The highest BCUT2D eigenvalue weighted by molar-refractivity contribution is 6.04. The van der Waals surface area contributed by atoms with Crippen molar-refractivity contribution < 1.29 is 13.9 Å². The highest BCUT2D eigenvalue weighted by atomic mass is 19.1. The van der Waals surface area contributed by atoms with E-state index in [1.807, 2.05) is 6.92 Å². The Labute approximate surface area is 140 Å². The second kappa shape index (κ2) is 7.40. The van der Waals surface area contributed by atoms with Crippen LogP contribution in [0.3, 0.4) is 0 Å². The summed E-state index contributed by atoms with van der Waals surface area (Å²) < 4.78 is 19.7. The van der Waals surface area contributed by atoms with Gasteiger partial charge >= 0.3 is 0 Å². The summed E-state index contributed by atoms with van der Waals surface area (Å²) in [6.45, 7) is 3.20. The molecular formula is C18H20FN3O2. The van der Waals surface area contributed by atoms with Gasteiger partial charge in [-0.2, -0.15) is 0 Å². The monoisotopic (exact) mass is 329 g/mol. The first-order chi connectivity index (χ1) is 11.6.